The van der Waals surface area contributed by atoms with Gasteiger partial charge in [0.1, 0.15) is 11.2 Å². The molecule has 154 valence electrons. The normalized spacial score (nSPS) is 11.5. The SMILES string of the molecule is Nc1ccc(-n2c3ccccc3c3ccccc32)c(-c2cccc3c2oc2ccc#cc23)c1. The van der Waals surface area contributed by atoms with Gasteiger partial charge in [0.2, 0.25) is 0 Å². The zero-order valence-electron chi connectivity index (χ0n) is 17.7. The van der Waals surface area contributed by atoms with Crippen LogP contribution in [0.5, 0.6) is 0 Å². The van der Waals surface area contributed by atoms with E-state index in [0.29, 0.717) is 5.69 Å². The van der Waals surface area contributed by atoms with Gasteiger partial charge in [0.15, 0.2) is 0 Å². The molecule has 0 radical (unpaired) electrons. The van der Waals surface area contributed by atoms with Gasteiger partial charge in [-0.2, -0.15) is 0 Å². The van der Waals surface area contributed by atoms with E-state index in [1.807, 2.05) is 24.3 Å². The van der Waals surface area contributed by atoms with Gasteiger partial charge in [-0.25, -0.2) is 0 Å². The lowest BCUT2D eigenvalue weighted by Gasteiger charge is -2.15. The Labute approximate surface area is 190 Å². The highest BCUT2D eigenvalue weighted by Crippen LogP contribution is 2.40. The summed E-state index contributed by atoms with van der Waals surface area (Å²) in [6.45, 7) is 0. The number of hydrogen-bond donors (Lipinski definition) is 1. The number of para-hydroxylation sites is 3. The smallest absolute Gasteiger partial charge is 0.144 e. The Balaban J connectivity index is 1.62. The maximum Gasteiger partial charge on any atom is 0.144 e. The Morgan fingerprint density at radius 3 is 2.21 bits per heavy atom. The minimum atomic E-state index is 0.711. The van der Waals surface area contributed by atoms with Crippen molar-refractivity contribution in [2.24, 2.45) is 0 Å². The molecule has 0 aliphatic heterocycles. The van der Waals surface area contributed by atoms with Crippen molar-refractivity contribution in [3.63, 3.8) is 0 Å². The summed E-state index contributed by atoms with van der Waals surface area (Å²) in [5, 5.41) is 4.41. The van der Waals surface area contributed by atoms with Gasteiger partial charge in [-0.1, -0.05) is 60.7 Å². The maximum atomic E-state index is 6.32. The van der Waals surface area contributed by atoms with E-state index in [1.54, 1.807) is 0 Å². The first-order valence-corrected chi connectivity index (χ1v) is 10.9. The molecule has 0 saturated heterocycles. The molecule has 7 aromatic rings. The summed E-state index contributed by atoms with van der Waals surface area (Å²) in [6, 6.07) is 39.4. The number of nitrogens with zero attached hydrogens (tertiary/aromatic N) is 1. The summed E-state index contributed by atoms with van der Waals surface area (Å²) in [4.78, 5) is 0. The van der Waals surface area contributed by atoms with Crippen LogP contribution in [-0.4, -0.2) is 4.57 Å². The van der Waals surface area contributed by atoms with Crippen LogP contribution < -0.4 is 5.73 Å². The van der Waals surface area contributed by atoms with Crippen molar-refractivity contribution in [3.05, 3.63) is 109 Å². The van der Waals surface area contributed by atoms with E-state index in [9.17, 15) is 0 Å². The molecule has 0 fully saturated rings. The number of nitrogens with two attached hydrogens (primary N) is 1. The third-order valence-electron chi connectivity index (χ3n) is 6.39. The monoisotopic (exact) mass is 422 g/mol. The van der Waals surface area contributed by atoms with Gasteiger partial charge < -0.3 is 14.7 Å². The highest BCUT2D eigenvalue weighted by atomic mass is 16.3. The average molecular weight is 422 g/mol. The highest BCUT2D eigenvalue weighted by Gasteiger charge is 2.18. The van der Waals surface area contributed by atoms with Crippen LogP contribution in [0.1, 0.15) is 0 Å². The maximum absolute atomic E-state index is 6.32. The molecule has 7 rings (SSSR count). The first kappa shape index (κ1) is 17.9. The Kier molecular flexibility index (Phi) is 3.62. The molecular weight excluding hydrogens is 404 g/mol. The van der Waals surface area contributed by atoms with Crippen LogP contribution in [0.2, 0.25) is 0 Å². The molecule has 0 amide bonds. The predicted octanol–water partition coefficient (Wildman–Crippen LogP) is 7.53. The van der Waals surface area contributed by atoms with Crippen LogP contribution in [0.15, 0.2) is 101 Å². The second-order valence-corrected chi connectivity index (χ2v) is 8.27. The molecule has 3 nitrogen and oxygen atoms in total. The third kappa shape index (κ3) is 2.52. The topological polar surface area (TPSA) is 44.1 Å². The molecular formula is C30H18N2O. The molecule has 5 aromatic carbocycles. The zero-order chi connectivity index (χ0) is 21.9. The molecule has 2 N–H and O–H groups in total. The molecule has 33 heavy (non-hydrogen) atoms. The Hall–Kier alpha value is -4.68. The predicted molar refractivity (Wildman–Crippen MR) is 136 cm³/mol. The van der Waals surface area contributed by atoms with Crippen molar-refractivity contribution in [2.75, 3.05) is 5.73 Å². The number of nitrogen functional groups attached to an aromatic ring is 1. The molecule has 0 unspecified atom stereocenters. The third-order valence-corrected chi connectivity index (χ3v) is 6.39. The van der Waals surface area contributed by atoms with Crippen molar-refractivity contribution in [2.45, 2.75) is 0 Å². The van der Waals surface area contributed by atoms with E-state index in [4.69, 9.17) is 10.2 Å². The number of aromatic nitrogens is 1. The Morgan fingerprint density at radius 1 is 0.697 bits per heavy atom. The van der Waals surface area contributed by atoms with Crippen molar-refractivity contribution in [1.29, 1.82) is 0 Å². The zero-order valence-corrected chi connectivity index (χ0v) is 17.7. The van der Waals surface area contributed by atoms with Crippen LogP contribution in [0.25, 0.3) is 60.6 Å². The van der Waals surface area contributed by atoms with Crippen LogP contribution >= 0.6 is 0 Å². The fraction of sp³-hybridized carbons (Fsp3) is 0. The molecule has 2 heterocycles. The number of hydrogen-bond acceptors (Lipinski definition) is 2. The van der Waals surface area contributed by atoms with Crippen LogP contribution in [0.4, 0.5) is 5.69 Å². The van der Waals surface area contributed by atoms with E-state index in [2.05, 4.69) is 89.5 Å². The van der Waals surface area contributed by atoms with E-state index in [-0.39, 0.29) is 0 Å². The number of benzene rings is 4. The molecule has 0 saturated carbocycles. The van der Waals surface area contributed by atoms with Gasteiger partial charge >= 0.3 is 0 Å². The minimum Gasteiger partial charge on any atom is -0.455 e. The number of anilines is 1. The largest absolute Gasteiger partial charge is 0.455 e. The lowest BCUT2D eigenvalue weighted by atomic mass is 10.00. The van der Waals surface area contributed by atoms with Crippen LogP contribution in [0.3, 0.4) is 0 Å². The van der Waals surface area contributed by atoms with Crippen molar-refractivity contribution in [3.8, 4) is 16.8 Å². The molecule has 0 bridgehead atoms. The van der Waals surface area contributed by atoms with Crippen molar-refractivity contribution in [1.82, 2.24) is 4.57 Å². The number of rotatable bonds is 2. The quantitative estimate of drug-likeness (QED) is 0.293. The molecule has 2 aromatic heterocycles. The minimum absolute atomic E-state index is 0.711. The standard InChI is InChI=1S/C30H18N2O/c31-19-16-17-28(32-26-13-4-1-8-20(26)21-9-2-5-14-27(21)32)25(18-19)24-12-7-11-23-22-10-3-6-15-29(22)33-30(23)24/h1-2,4-9,11-18H,31H2. The van der Waals surface area contributed by atoms with E-state index >= 15 is 0 Å². The summed E-state index contributed by atoms with van der Waals surface area (Å²) in [6.07, 6.45) is 0. The van der Waals surface area contributed by atoms with Gasteiger partial charge in [-0.3, -0.25) is 0 Å². The summed E-state index contributed by atoms with van der Waals surface area (Å²) in [5.41, 5.74) is 14.1. The Morgan fingerprint density at radius 2 is 1.42 bits per heavy atom. The first-order chi connectivity index (χ1) is 16.3. The van der Waals surface area contributed by atoms with Gasteiger partial charge in [-0.05, 0) is 48.5 Å². The van der Waals surface area contributed by atoms with Crippen LogP contribution in [-0.2, 0) is 0 Å². The summed E-state index contributed by atoms with van der Waals surface area (Å²) in [5.74, 6) is 0. The average Bonchev–Trinajstić information content (AvgIpc) is 3.40. The Bertz CT molecular complexity index is 1780. The second kappa shape index (κ2) is 6.66. The fourth-order valence-electron chi connectivity index (χ4n) is 4.97. The molecule has 0 aliphatic rings. The van der Waals surface area contributed by atoms with Gasteiger partial charge in [0.25, 0.3) is 0 Å². The number of fused-ring (bicyclic) bond motifs is 6. The van der Waals surface area contributed by atoms with Gasteiger partial charge in [0, 0.05) is 33.0 Å². The second-order valence-electron chi connectivity index (χ2n) is 8.27. The van der Waals surface area contributed by atoms with Gasteiger partial charge in [-0.15, -0.1) is 0 Å². The fourth-order valence-corrected chi connectivity index (χ4v) is 4.97. The molecule has 0 atom stereocenters. The summed E-state index contributed by atoms with van der Waals surface area (Å²) in [7, 11) is 0. The first-order valence-electron chi connectivity index (χ1n) is 10.9. The molecule has 0 spiro atoms. The van der Waals surface area contributed by atoms with Crippen molar-refractivity contribution < 1.29 is 4.42 Å². The van der Waals surface area contributed by atoms with E-state index in [0.717, 1.165) is 49.8 Å². The lowest BCUT2D eigenvalue weighted by Crippen LogP contribution is -1.99. The van der Waals surface area contributed by atoms with E-state index in [1.165, 1.54) is 10.8 Å². The number of furan rings is 1. The van der Waals surface area contributed by atoms with Crippen molar-refractivity contribution >= 4 is 49.4 Å². The molecule has 0 aliphatic carbocycles. The lowest BCUT2D eigenvalue weighted by molar-refractivity contribution is 0.670. The van der Waals surface area contributed by atoms with E-state index < -0.39 is 0 Å². The summed E-state index contributed by atoms with van der Waals surface area (Å²) < 4.78 is 8.64. The van der Waals surface area contributed by atoms with Gasteiger partial charge in [0.05, 0.1) is 22.1 Å². The summed E-state index contributed by atoms with van der Waals surface area (Å²) >= 11 is 0. The molecule has 3 heteroatoms. The van der Waals surface area contributed by atoms with Crippen LogP contribution in [0, 0.1) is 12.1 Å². The highest BCUT2D eigenvalue weighted by molar-refractivity contribution is 6.12.